The van der Waals surface area contributed by atoms with E-state index in [1.807, 2.05) is 6.08 Å². The lowest BCUT2D eigenvalue weighted by atomic mass is 9.98. The molecule has 1 N–H and O–H groups in total. The third kappa shape index (κ3) is 4.60. The van der Waals surface area contributed by atoms with E-state index in [1.165, 1.54) is 38.9 Å². The van der Waals surface area contributed by atoms with Crippen LogP contribution in [0.2, 0.25) is 0 Å². The fourth-order valence-corrected chi connectivity index (χ4v) is 3.35. The molecular formula is C16H29N3O. The number of carbonyl (C=O) groups is 1. The highest BCUT2D eigenvalue weighted by Gasteiger charge is 2.28. The van der Waals surface area contributed by atoms with Crippen molar-refractivity contribution in [3.63, 3.8) is 0 Å². The molecule has 4 heteroatoms. The summed E-state index contributed by atoms with van der Waals surface area (Å²) in [6.45, 7) is 8.32. The highest BCUT2D eigenvalue weighted by atomic mass is 16.1. The van der Waals surface area contributed by atoms with Crippen molar-refractivity contribution in [1.29, 1.82) is 0 Å². The molecule has 0 unspecified atom stereocenters. The van der Waals surface area contributed by atoms with Crippen molar-refractivity contribution in [3.8, 4) is 0 Å². The van der Waals surface area contributed by atoms with Gasteiger partial charge in [0.1, 0.15) is 0 Å². The second-order valence-corrected chi connectivity index (χ2v) is 6.26. The van der Waals surface area contributed by atoms with Crippen LogP contribution < -0.4 is 5.32 Å². The summed E-state index contributed by atoms with van der Waals surface area (Å²) in [5, 5.41) is 3.19. The summed E-state index contributed by atoms with van der Waals surface area (Å²) in [6.07, 6.45) is 8.04. The quantitative estimate of drug-likeness (QED) is 0.777. The fraction of sp³-hybridized carbons (Fsp3) is 0.812. The Labute approximate surface area is 123 Å². The van der Waals surface area contributed by atoms with Crippen LogP contribution in [0, 0.1) is 0 Å². The molecular weight excluding hydrogens is 250 g/mol. The predicted molar refractivity (Wildman–Crippen MR) is 82.7 cm³/mol. The Morgan fingerprint density at radius 2 is 2.05 bits per heavy atom. The molecule has 4 nitrogen and oxygen atoms in total. The zero-order valence-electron chi connectivity index (χ0n) is 12.8. The van der Waals surface area contributed by atoms with Crippen LogP contribution in [0.25, 0.3) is 0 Å². The van der Waals surface area contributed by atoms with Gasteiger partial charge in [0.25, 0.3) is 0 Å². The number of piperidine rings is 2. The maximum absolute atomic E-state index is 11.8. The second kappa shape index (κ2) is 7.79. The largest absolute Gasteiger partial charge is 0.352 e. The monoisotopic (exact) mass is 279 g/mol. The molecule has 20 heavy (non-hydrogen) atoms. The molecule has 0 spiro atoms. The van der Waals surface area contributed by atoms with Gasteiger partial charge >= 0.3 is 0 Å². The number of hydrogen-bond acceptors (Lipinski definition) is 3. The predicted octanol–water partition coefficient (Wildman–Crippen LogP) is 1.63. The molecule has 0 aliphatic carbocycles. The van der Waals surface area contributed by atoms with Gasteiger partial charge in [0.15, 0.2) is 0 Å². The zero-order chi connectivity index (χ0) is 14.4. The van der Waals surface area contributed by atoms with E-state index in [2.05, 4.69) is 28.7 Å². The van der Waals surface area contributed by atoms with Crippen LogP contribution in [0.5, 0.6) is 0 Å². The molecule has 0 aromatic rings. The topological polar surface area (TPSA) is 35.6 Å². The number of allylic oxidation sites excluding steroid dienone is 1. The van der Waals surface area contributed by atoms with Crippen LogP contribution in [-0.2, 0) is 4.79 Å². The Balaban J connectivity index is 1.76. The van der Waals surface area contributed by atoms with Crippen molar-refractivity contribution in [1.82, 2.24) is 15.1 Å². The van der Waals surface area contributed by atoms with Crippen molar-refractivity contribution >= 4 is 5.91 Å². The van der Waals surface area contributed by atoms with Gasteiger partial charge in [-0.05, 0) is 58.8 Å². The lowest BCUT2D eigenvalue weighted by molar-refractivity contribution is -0.122. The van der Waals surface area contributed by atoms with E-state index >= 15 is 0 Å². The summed E-state index contributed by atoms with van der Waals surface area (Å²) < 4.78 is 0. The Morgan fingerprint density at radius 3 is 2.75 bits per heavy atom. The average Bonchev–Trinajstić information content (AvgIpc) is 2.46. The van der Waals surface area contributed by atoms with E-state index in [0.29, 0.717) is 12.5 Å². The van der Waals surface area contributed by atoms with Crippen molar-refractivity contribution in [2.24, 2.45) is 0 Å². The van der Waals surface area contributed by atoms with E-state index in [4.69, 9.17) is 0 Å². The third-order valence-corrected chi connectivity index (χ3v) is 4.60. The minimum atomic E-state index is 0.181. The second-order valence-electron chi connectivity index (χ2n) is 6.26. The average molecular weight is 279 g/mol. The first-order valence-corrected chi connectivity index (χ1v) is 8.02. The smallest absolute Gasteiger partial charge is 0.220 e. The number of likely N-dealkylation sites (tertiary alicyclic amines) is 2. The lowest BCUT2D eigenvalue weighted by Crippen LogP contribution is -2.53. The molecule has 2 fully saturated rings. The van der Waals surface area contributed by atoms with Gasteiger partial charge in [-0.3, -0.25) is 9.69 Å². The van der Waals surface area contributed by atoms with Crippen molar-refractivity contribution < 1.29 is 4.79 Å². The van der Waals surface area contributed by atoms with Crippen LogP contribution in [0.3, 0.4) is 0 Å². The summed E-state index contributed by atoms with van der Waals surface area (Å²) >= 11 is 0. The highest BCUT2D eigenvalue weighted by Crippen LogP contribution is 2.20. The number of nitrogens with one attached hydrogen (secondary N) is 1. The SMILES string of the molecule is C=CCCC(=O)N[C@H]1CCCN(C2CCN(C)CC2)C1. The van der Waals surface area contributed by atoms with Gasteiger partial charge in [-0.1, -0.05) is 6.08 Å². The zero-order valence-corrected chi connectivity index (χ0v) is 12.8. The van der Waals surface area contributed by atoms with Gasteiger partial charge in [0, 0.05) is 25.0 Å². The van der Waals surface area contributed by atoms with E-state index < -0.39 is 0 Å². The van der Waals surface area contributed by atoms with Crippen LogP contribution >= 0.6 is 0 Å². The molecule has 0 aromatic heterocycles. The molecule has 0 saturated carbocycles. The van der Waals surface area contributed by atoms with Crippen molar-refractivity contribution in [3.05, 3.63) is 12.7 Å². The standard InChI is InChI=1S/C16H29N3O/c1-3-4-7-16(20)17-14-6-5-10-19(13-14)15-8-11-18(2)12-9-15/h3,14-15H,1,4-13H2,2H3,(H,17,20)/t14-/m0/s1. The lowest BCUT2D eigenvalue weighted by Gasteiger charge is -2.41. The molecule has 2 aliphatic rings. The van der Waals surface area contributed by atoms with Crippen LogP contribution in [0.1, 0.15) is 38.5 Å². The van der Waals surface area contributed by atoms with E-state index in [1.54, 1.807) is 0 Å². The van der Waals surface area contributed by atoms with E-state index in [-0.39, 0.29) is 5.91 Å². The van der Waals surface area contributed by atoms with Gasteiger partial charge in [-0.25, -0.2) is 0 Å². The minimum Gasteiger partial charge on any atom is -0.352 e. The number of carbonyl (C=O) groups excluding carboxylic acids is 1. The number of amides is 1. The first-order chi connectivity index (χ1) is 9.69. The maximum atomic E-state index is 11.8. The molecule has 2 rings (SSSR count). The fourth-order valence-electron chi connectivity index (χ4n) is 3.35. The number of hydrogen-bond donors (Lipinski definition) is 1. The molecule has 2 heterocycles. The van der Waals surface area contributed by atoms with Gasteiger partial charge in [0.2, 0.25) is 5.91 Å². The Morgan fingerprint density at radius 1 is 1.30 bits per heavy atom. The van der Waals surface area contributed by atoms with E-state index in [0.717, 1.165) is 25.4 Å². The summed E-state index contributed by atoms with van der Waals surface area (Å²) in [5.74, 6) is 0.181. The third-order valence-electron chi connectivity index (χ3n) is 4.60. The van der Waals surface area contributed by atoms with Gasteiger partial charge in [0.05, 0.1) is 0 Å². The molecule has 1 atom stereocenters. The summed E-state index contributed by atoms with van der Waals surface area (Å²) in [4.78, 5) is 16.8. The first-order valence-electron chi connectivity index (χ1n) is 8.02. The maximum Gasteiger partial charge on any atom is 0.220 e. The first kappa shape index (κ1) is 15.5. The summed E-state index contributed by atoms with van der Waals surface area (Å²) in [7, 11) is 2.20. The van der Waals surface area contributed by atoms with Crippen LogP contribution in [0.15, 0.2) is 12.7 Å². The molecule has 0 aromatic carbocycles. The van der Waals surface area contributed by atoms with Gasteiger partial charge in [-0.2, -0.15) is 0 Å². The Kier molecular flexibility index (Phi) is 6.05. The highest BCUT2D eigenvalue weighted by molar-refractivity contribution is 5.76. The molecule has 0 bridgehead atoms. The Bertz CT molecular complexity index is 324. The minimum absolute atomic E-state index is 0.181. The molecule has 114 valence electrons. The number of rotatable bonds is 5. The molecule has 2 saturated heterocycles. The normalized spacial score (nSPS) is 26.4. The van der Waals surface area contributed by atoms with Crippen LogP contribution in [0.4, 0.5) is 0 Å². The van der Waals surface area contributed by atoms with Crippen molar-refractivity contribution in [2.75, 3.05) is 33.2 Å². The summed E-state index contributed by atoms with van der Waals surface area (Å²) in [6, 6.07) is 1.07. The Hall–Kier alpha value is -0.870. The number of nitrogens with zero attached hydrogens (tertiary/aromatic N) is 2. The summed E-state index contributed by atoms with van der Waals surface area (Å²) in [5.41, 5.74) is 0. The van der Waals surface area contributed by atoms with Crippen molar-refractivity contribution in [2.45, 2.75) is 50.6 Å². The molecule has 0 radical (unpaired) electrons. The van der Waals surface area contributed by atoms with Gasteiger partial charge < -0.3 is 10.2 Å². The van der Waals surface area contributed by atoms with Crippen LogP contribution in [-0.4, -0.2) is 61.0 Å². The molecule has 2 aliphatic heterocycles. The molecule has 1 amide bonds. The van der Waals surface area contributed by atoms with Gasteiger partial charge in [-0.15, -0.1) is 6.58 Å². The van der Waals surface area contributed by atoms with E-state index in [9.17, 15) is 4.79 Å².